The first-order valence-corrected chi connectivity index (χ1v) is 5.84. The highest BCUT2D eigenvalue weighted by Gasteiger charge is 2.24. The van der Waals surface area contributed by atoms with Crippen molar-refractivity contribution in [1.82, 2.24) is 5.32 Å². The van der Waals surface area contributed by atoms with Gasteiger partial charge in [0.05, 0.1) is 12.7 Å². The molecule has 0 aromatic rings. The van der Waals surface area contributed by atoms with Crippen molar-refractivity contribution < 1.29 is 9.84 Å². The van der Waals surface area contributed by atoms with E-state index in [0.717, 1.165) is 18.8 Å². The molecule has 1 rings (SSSR count). The summed E-state index contributed by atoms with van der Waals surface area (Å²) in [6.07, 6.45) is 1.52. The fourth-order valence-electron chi connectivity index (χ4n) is 1.40. The first-order chi connectivity index (χ1) is 6.27. The Morgan fingerprint density at radius 2 is 2.46 bits per heavy atom. The molecule has 0 saturated carbocycles. The Bertz CT molecular complexity index is 142. The maximum atomic E-state index is 8.96. The van der Waals surface area contributed by atoms with Gasteiger partial charge in [0.1, 0.15) is 0 Å². The molecular weight excluding hydrogens is 186 g/mol. The first kappa shape index (κ1) is 11.3. The highest BCUT2D eigenvalue weighted by atomic mass is 32.2. The van der Waals surface area contributed by atoms with Crippen LogP contribution in [0.25, 0.3) is 0 Å². The van der Waals surface area contributed by atoms with E-state index in [9.17, 15) is 0 Å². The Labute approximate surface area is 84.2 Å². The number of hydrogen-bond donors (Lipinski definition) is 2. The summed E-state index contributed by atoms with van der Waals surface area (Å²) in [6.45, 7) is 3.23. The Morgan fingerprint density at radius 1 is 1.69 bits per heavy atom. The van der Waals surface area contributed by atoms with E-state index in [-0.39, 0.29) is 12.6 Å². The fourth-order valence-corrected chi connectivity index (χ4v) is 2.76. The normalized spacial score (nSPS) is 30.7. The number of ether oxygens (including phenoxy) is 1. The van der Waals surface area contributed by atoms with E-state index in [1.165, 1.54) is 0 Å². The van der Waals surface area contributed by atoms with E-state index in [4.69, 9.17) is 9.84 Å². The number of aliphatic hydroxyl groups is 1. The van der Waals surface area contributed by atoms with Crippen LogP contribution in [-0.4, -0.2) is 48.5 Å². The van der Waals surface area contributed by atoms with Crippen molar-refractivity contribution in [3.8, 4) is 0 Å². The van der Waals surface area contributed by atoms with E-state index in [1.807, 2.05) is 18.8 Å². The molecule has 0 aromatic carbocycles. The highest BCUT2D eigenvalue weighted by Crippen LogP contribution is 2.26. The summed E-state index contributed by atoms with van der Waals surface area (Å²) in [5.74, 6) is 0.964. The van der Waals surface area contributed by atoms with Crippen LogP contribution in [0.2, 0.25) is 0 Å². The van der Waals surface area contributed by atoms with Gasteiger partial charge in [-0.2, -0.15) is 11.8 Å². The van der Waals surface area contributed by atoms with E-state index < -0.39 is 0 Å². The Morgan fingerprint density at radius 3 is 2.92 bits per heavy atom. The van der Waals surface area contributed by atoms with E-state index in [2.05, 4.69) is 12.2 Å². The van der Waals surface area contributed by atoms with Gasteiger partial charge >= 0.3 is 0 Å². The molecular formula is C9H19NO2S. The number of rotatable bonds is 5. The molecule has 0 bridgehead atoms. The molecule has 13 heavy (non-hydrogen) atoms. The van der Waals surface area contributed by atoms with Gasteiger partial charge in [-0.1, -0.05) is 0 Å². The quantitative estimate of drug-likeness (QED) is 0.685. The minimum atomic E-state index is 0.214. The van der Waals surface area contributed by atoms with Crippen molar-refractivity contribution in [3.63, 3.8) is 0 Å². The predicted octanol–water partition coefficient (Wildman–Crippen LogP) is 0.477. The van der Waals surface area contributed by atoms with Crippen LogP contribution in [0.5, 0.6) is 0 Å². The molecule has 4 heteroatoms. The predicted molar refractivity (Wildman–Crippen MR) is 56.2 cm³/mol. The molecule has 1 heterocycles. The SMILES string of the molecule is CNC(CO)CSC1CCOC1C. The zero-order valence-electron chi connectivity index (χ0n) is 8.32. The van der Waals surface area contributed by atoms with E-state index in [1.54, 1.807) is 0 Å². The van der Waals surface area contributed by atoms with Crippen molar-refractivity contribution in [2.24, 2.45) is 0 Å². The highest BCUT2D eigenvalue weighted by molar-refractivity contribution is 8.00. The number of nitrogens with one attached hydrogen (secondary N) is 1. The Kier molecular flexibility index (Phi) is 5.09. The van der Waals surface area contributed by atoms with Crippen LogP contribution in [0.3, 0.4) is 0 Å². The van der Waals surface area contributed by atoms with Crippen molar-refractivity contribution in [3.05, 3.63) is 0 Å². The molecule has 0 amide bonds. The first-order valence-electron chi connectivity index (χ1n) is 4.79. The standard InChI is InChI=1S/C9H19NO2S/c1-7-9(3-4-12-7)13-6-8(5-11)10-2/h7-11H,3-6H2,1-2H3. The third-order valence-electron chi connectivity index (χ3n) is 2.45. The minimum absolute atomic E-state index is 0.214. The molecule has 3 unspecified atom stereocenters. The fraction of sp³-hybridized carbons (Fsp3) is 1.00. The smallest absolute Gasteiger partial charge is 0.0666 e. The van der Waals surface area contributed by atoms with Crippen LogP contribution in [0, 0.1) is 0 Å². The molecule has 1 saturated heterocycles. The molecule has 1 fully saturated rings. The lowest BCUT2D eigenvalue weighted by atomic mass is 10.3. The lowest BCUT2D eigenvalue weighted by Crippen LogP contribution is -2.32. The average Bonchev–Trinajstić information content (AvgIpc) is 2.54. The molecule has 3 atom stereocenters. The third kappa shape index (κ3) is 3.46. The Balaban J connectivity index is 2.17. The average molecular weight is 205 g/mol. The van der Waals surface area contributed by atoms with Crippen LogP contribution < -0.4 is 5.32 Å². The lowest BCUT2D eigenvalue weighted by molar-refractivity contribution is 0.127. The number of likely N-dealkylation sites (N-methyl/N-ethyl adjacent to an activating group) is 1. The number of aliphatic hydroxyl groups excluding tert-OH is 1. The largest absolute Gasteiger partial charge is 0.395 e. The third-order valence-corrected chi connectivity index (χ3v) is 4.09. The summed E-state index contributed by atoms with van der Waals surface area (Å²) in [5.41, 5.74) is 0. The van der Waals surface area contributed by atoms with Gasteiger partial charge in [0.15, 0.2) is 0 Å². The van der Waals surface area contributed by atoms with Crippen molar-refractivity contribution in [2.45, 2.75) is 30.7 Å². The summed E-state index contributed by atoms with van der Waals surface area (Å²) in [4.78, 5) is 0. The molecule has 2 N–H and O–H groups in total. The topological polar surface area (TPSA) is 41.5 Å². The monoisotopic (exact) mass is 205 g/mol. The van der Waals surface area contributed by atoms with E-state index in [0.29, 0.717) is 11.4 Å². The summed E-state index contributed by atoms with van der Waals surface area (Å²) in [6, 6.07) is 0.220. The molecule has 78 valence electrons. The van der Waals surface area contributed by atoms with Gasteiger partial charge in [0.2, 0.25) is 0 Å². The van der Waals surface area contributed by atoms with Crippen LogP contribution in [-0.2, 0) is 4.74 Å². The second kappa shape index (κ2) is 5.86. The summed E-state index contributed by atoms with van der Waals surface area (Å²) in [7, 11) is 1.88. The maximum Gasteiger partial charge on any atom is 0.0666 e. The second-order valence-corrected chi connectivity index (χ2v) is 4.68. The summed E-state index contributed by atoms with van der Waals surface area (Å²) < 4.78 is 5.46. The zero-order chi connectivity index (χ0) is 9.68. The zero-order valence-corrected chi connectivity index (χ0v) is 9.14. The molecule has 0 aliphatic carbocycles. The van der Waals surface area contributed by atoms with Gasteiger partial charge < -0.3 is 15.2 Å². The molecule has 3 nitrogen and oxygen atoms in total. The summed E-state index contributed by atoms with van der Waals surface area (Å²) in [5, 5.41) is 12.7. The summed E-state index contributed by atoms with van der Waals surface area (Å²) >= 11 is 1.90. The molecule has 0 radical (unpaired) electrons. The van der Waals surface area contributed by atoms with Gasteiger partial charge in [-0.3, -0.25) is 0 Å². The molecule has 0 spiro atoms. The van der Waals surface area contributed by atoms with Gasteiger partial charge in [0.25, 0.3) is 0 Å². The van der Waals surface area contributed by atoms with Crippen LogP contribution in [0.4, 0.5) is 0 Å². The molecule has 0 aromatic heterocycles. The van der Waals surface area contributed by atoms with Gasteiger partial charge in [-0.25, -0.2) is 0 Å². The van der Waals surface area contributed by atoms with Crippen LogP contribution in [0.1, 0.15) is 13.3 Å². The Hall–Kier alpha value is 0.230. The van der Waals surface area contributed by atoms with Crippen LogP contribution in [0.15, 0.2) is 0 Å². The van der Waals surface area contributed by atoms with Crippen molar-refractivity contribution in [1.29, 1.82) is 0 Å². The second-order valence-electron chi connectivity index (χ2n) is 3.40. The maximum absolute atomic E-state index is 8.96. The lowest BCUT2D eigenvalue weighted by Gasteiger charge is -2.17. The number of hydrogen-bond acceptors (Lipinski definition) is 4. The van der Waals surface area contributed by atoms with E-state index >= 15 is 0 Å². The van der Waals surface area contributed by atoms with Gasteiger partial charge in [0, 0.05) is 23.7 Å². The molecule has 1 aliphatic rings. The molecule has 1 aliphatic heterocycles. The van der Waals surface area contributed by atoms with Gasteiger partial charge in [-0.15, -0.1) is 0 Å². The van der Waals surface area contributed by atoms with Crippen molar-refractivity contribution >= 4 is 11.8 Å². The number of thioether (sulfide) groups is 1. The van der Waals surface area contributed by atoms with Crippen LogP contribution >= 0.6 is 11.8 Å². The van der Waals surface area contributed by atoms with Gasteiger partial charge in [-0.05, 0) is 20.4 Å². The van der Waals surface area contributed by atoms with Crippen molar-refractivity contribution in [2.75, 3.05) is 26.0 Å². The minimum Gasteiger partial charge on any atom is -0.395 e.